The fourth-order valence-corrected chi connectivity index (χ4v) is 2.64. The molecule has 5 nitrogen and oxygen atoms in total. The van der Waals surface area contributed by atoms with E-state index in [1.54, 1.807) is 0 Å². The fraction of sp³-hybridized carbons (Fsp3) is 0.647. The van der Waals surface area contributed by atoms with E-state index in [-0.39, 0.29) is 6.61 Å². The summed E-state index contributed by atoms with van der Waals surface area (Å²) in [6, 6.07) is 8.44. The molecule has 1 aliphatic heterocycles. The zero-order chi connectivity index (χ0) is 15.6. The van der Waals surface area contributed by atoms with Crippen molar-refractivity contribution in [1.29, 1.82) is 0 Å². The molecule has 5 heteroatoms. The lowest BCUT2D eigenvalue weighted by atomic mass is 10.2. The quantitative estimate of drug-likeness (QED) is 0.671. The molecule has 124 valence electrons. The summed E-state index contributed by atoms with van der Waals surface area (Å²) < 4.78 is 5.63. The maximum absolute atomic E-state index is 8.74. The first-order valence-corrected chi connectivity index (χ1v) is 8.35. The van der Waals surface area contributed by atoms with E-state index in [2.05, 4.69) is 46.3 Å². The molecule has 1 heterocycles. The Kier molecular flexibility index (Phi) is 7.49. The summed E-state index contributed by atoms with van der Waals surface area (Å²) in [5.41, 5.74) is 1.28. The highest BCUT2D eigenvalue weighted by Crippen LogP contribution is 2.20. The smallest absolute Gasteiger partial charge is 0.119 e. The van der Waals surface area contributed by atoms with Crippen LogP contribution in [-0.4, -0.2) is 69.0 Å². The molecule has 2 rings (SSSR count). The Morgan fingerprint density at radius 2 is 1.82 bits per heavy atom. The van der Waals surface area contributed by atoms with Gasteiger partial charge in [-0.2, -0.15) is 0 Å². The average molecular weight is 307 g/mol. The monoisotopic (exact) mass is 307 g/mol. The van der Waals surface area contributed by atoms with Gasteiger partial charge in [0, 0.05) is 51.5 Å². The van der Waals surface area contributed by atoms with Crippen molar-refractivity contribution in [2.75, 3.05) is 63.9 Å². The minimum Gasteiger partial charge on any atom is -0.494 e. The lowest BCUT2D eigenvalue weighted by Gasteiger charge is -2.36. The molecule has 1 saturated heterocycles. The Hall–Kier alpha value is -1.30. The molecule has 0 spiro atoms. The van der Waals surface area contributed by atoms with E-state index in [9.17, 15) is 0 Å². The number of aliphatic hydroxyl groups is 1. The summed E-state index contributed by atoms with van der Waals surface area (Å²) in [7, 11) is 0. The second kappa shape index (κ2) is 9.66. The van der Waals surface area contributed by atoms with Crippen LogP contribution in [0.4, 0.5) is 5.69 Å². The lowest BCUT2D eigenvalue weighted by Crippen LogP contribution is -2.48. The molecule has 0 radical (unpaired) electrons. The van der Waals surface area contributed by atoms with Gasteiger partial charge in [-0.15, -0.1) is 0 Å². The maximum atomic E-state index is 8.74. The van der Waals surface area contributed by atoms with Crippen LogP contribution in [0.3, 0.4) is 0 Å². The topological polar surface area (TPSA) is 48.0 Å². The van der Waals surface area contributed by atoms with Gasteiger partial charge in [0.1, 0.15) is 5.75 Å². The zero-order valence-electron chi connectivity index (χ0n) is 13.6. The second-order valence-electron chi connectivity index (χ2n) is 5.64. The number of nitrogens with zero attached hydrogens (tertiary/aromatic N) is 2. The van der Waals surface area contributed by atoms with Crippen LogP contribution in [0.5, 0.6) is 5.75 Å². The van der Waals surface area contributed by atoms with Crippen molar-refractivity contribution in [2.45, 2.75) is 13.3 Å². The largest absolute Gasteiger partial charge is 0.494 e. The van der Waals surface area contributed by atoms with Crippen LogP contribution in [0.25, 0.3) is 0 Å². The minimum absolute atomic E-state index is 0.214. The van der Waals surface area contributed by atoms with Crippen molar-refractivity contribution in [2.24, 2.45) is 0 Å². The van der Waals surface area contributed by atoms with Crippen LogP contribution in [-0.2, 0) is 0 Å². The number of aliphatic hydroxyl groups excluding tert-OH is 1. The van der Waals surface area contributed by atoms with Gasteiger partial charge in [-0.25, -0.2) is 0 Å². The molecule has 22 heavy (non-hydrogen) atoms. The molecule has 0 atom stereocenters. The average Bonchev–Trinajstić information content (AvgIpc) is 2.58. The third-order valence-electron chi connectivity index (χ3n) is 3.94. The molecule has 0 saturated carbocycles. The highest BCUT2D eigenvalue weighted by atomic mass is 16.5. The number of anilines is 1. The molecule has 2 N–H and O–H groups in total. The molecule has 0 unspecified atom stereocenters. The van der Waals surface area contributed by atoms with E-state index in [0.29, 0.717) is 6.54 Å². The van der Waals surface area contributed by atoms with Crippen molar-refractivity contribution < 1.29 is 9.84 Å². The highest BCUT2D eigenvalue weighted by Gasteiger charge is 2.16. The van der Waals surface area contributed by atoms with Crippen molar-refractivity contribution in [1.82, 2.24) is 10.2 Å². The van der Waals surface area contributed by atoms with E-state index in [1.165, 1.54) is 5.69 Å². The van der Waals surface area contributed by atoms with E-state index in [0.717, 1.165) is 58.0 Å². The first-order valence-electron chi connectivity index (χ1n) is 8.35. The predicted octanol–water partition coefficient (Wildman–Crippen LogP) is 1.18. The van der Waals surface area contributed by atoms with Crippen LogP contribution in [0, 0.1) is 0 Å². The molecule has 1 fully saturated rings. The summed E-state index contributed by atoms with van der Waals surface area (Å²) in [6.07, 6.45) is 1.04. The van der Waals surface area contributed by atoms with Crippen LogP contribution in [0.1, 0.15) is 13.3 Å². The number of hydrogen-bond donors (Lipinski definition) is 2. The zero-order valence-corrected chi connectivity index (χ0v) is 13.6. The van der Waals surface area contributed by atoms with E-state index >= 15 is 0 Å². The Morgan fingerprint density at radius 1 is 1.09 bits per heavy atom. The van der Waals surface area contributed by atoms with Crippen molar-refractivity contribution in [3.63, 3.8) is 0 Å². The minimum atomic E-state index is 0.214. The first kappa shape index (κ1) is 17.1. The number of ether oxygens (including phenoxy) is 1. The second-order valence-corrected chi connectivity index (χ2v) is 5.64. The van der Waals surface area contributed by atoms with E-state index < -0.39 is 0 Å². The van der Waals surface area contributed by atoms with Crippen molar-refractivity contribution in [3.05, 3.63) is 24.3 Å². The van der Waals surface area contributed by atoms with Gasteiger partial charge in [-0.05, 0) is 30.7 Å². The fourth-order valence-electron chi connectivity index (χ4n) is 2.64. The van der Waals surface area contributed by atoms with Gasteiger partial charge in [0.05, 0.1) is 13.2 Å². The third-order valence-corrected chi connectivity index (χ3v) is 3.94. The van der Waals surface area contributed by atoms with Crippen LogP contribution >= 0.6 is 0 Å². The van der Waals surface area contributed by atoms with E-state index in [4.69, 9.17) is 9.84 Å². The van der Waals surface area contributed by atoms with Gasteiger partial charge in [-0.3, -0.25) is 4.90 Å². The first-order chi connectivity index (χ1) is 10.8. The molecule has 0 aromatic heterocycles. The number of rotatable bonds is 9. The number of piperazine rings is 1. The normalized spacial score (nSPS) is 16.0. The molecule has 1 aliphatic rings. The highest BCUT2D eigenvalue weighted by molar-refractivity contribution is 5.49. The van der Waals surface area contributed by atoms with Crippen LogP contribution < -0.4 is 15.0 Å². The molecular formula is C17H29N3O2. The molecule has 0 bridgehead atoms. The SMILES string of the molecule is CCCOc1ccc(N2CCN(CCNCCO)CC2)cc1. The van der Waals surface area contributed by atoms with Gasteiger partial charge in [0.15, 0.2) is 0 Å². The number of nitrogens with one attached hydrogen (secondary N) is 1. The summed E-state index contributed by atoms with van der Waals surface area (Å²) >= 11 is 0. The van der Waals surface area contributed by atoms with Gasteiger partial charge in [0.2, 0.25) is 0 Å². The van der Waals surface area contributed by atoms with Crippen molar-refractivity contribution in [3.8, 4) is 5.75 Å². The van der Waals surface area contributed by atoms with Gasteiger partial charge < -0.3 is 20.1 Å². The summed E-state index contributed by atoms with van der Waals surface area (Å²) in [4.78, 5) is 4.90. The Labute approximate surface area is 133 Å². The van der Waals surface area contributed by atoms with Crippen molar-refractivity contribution >= 4 is 5.69 Å². The maximum Gasteiger partial charge on any atom is 0.119 e. The predicted molar refractivity (Wildman–Crippen MR) is 90.8 cm³/mol. The molecule has 1 aromatic carbocycles. The summed E-state index contributed by atoms with van der Waals surface area (Å²) in [5, 5.41) is 12.0. The third kappa shape index (κ3) is 5.48. The number of hydrogen-bond acceptors (Lipinski definition) is 5. The van der Waals surface area contributed by atoms with Crippen LogP contribution in [0.15, 0.2) is 24.3 Å². The Bertz CT molecular complexity index is 403. The lowest BCUT2D eigenvalue weighted by molar-refractivity contribution is 0.249. The van der Waals surface area contributed by atoms with E-state index in [1.807, 2.05) is 0 Å². The molecule has 1 aromatic rings. The standard InChI is InChI=1S/C17H29N3O2/c1-2-15-22-17-5-3-16(4-6-17)20-12-10-19(11-13-20)9-7-18-8-14-21/h3-6,18,21H,2,7-15H2,1H3. The van der Waals surface area contributed by atoms with Gasteiger partial charge in [-0.1, -0.05) is 6.92 Å². The van der Waals surface area contributed by atoms with Gasteiger partial charge in [0.25, 0.3) is 0 Å². The Balaban J connectivity index is 1.72. The summed E-state index contributed by atoms with van der Waals surface area (Å²) in [6.45, 7) is 10.1. The number of benzene rings is 1. The van der Waals surface area contributed by atoms with Gasteiger partial charge >= 0.3 is 0 Å². The molecular weight excluding hydrogens is 278 g/mol. The summed E-state index contributed by atoms with van der Waals surface area (Å²) in [5.74, 6) is 0.958. The molecule has 0 aliphatic carbocycles. The molecule has 0 amide bonds. The Morgan fingerprint density at radius 3 is 2.45 bits per heavy atom. The van der Waals surface area contributed by atoms with Crippen LogP contribution in [0.2, 0.25) is 0 Å².